The lowest BCUT2D eigenvalue weighted by Gasteiger charge is -2.20. The summed E-state index contributed by atoms with van der Waals surface area (Å²) in [7, 11) is -3.94. The van der Waals surface area contributed by atoms with Crippen LogP contribution in [0.2, 0.25) is 0 Å². The van der Waals surface area contributed by atoms with Crippen LogP contribution in [-0.2, 0) is 14.8 Å². The number of sulfonamides is 1. The first-order chi connectivity index (χ1) is 9.60. The van der Waals surface area contributed by atoms with Gasteiger partial charge >= 0.3 is 5.97 Å². The second-order valence-corrected chi connectivity index (χ2v) is 8.25. The molecule has 0 saturated heterocycles. The van der Waals surface area contributed by atoms with E-state index in [1.54, 1.807) is 13.0 Å². The zero-order valence-corrected chi connectivity index (χ0v) is 15.8. The van der Waals surface area contributed by atoms with Gasteiger partial charge in [-0.2, -0.15) is 4.72 Å². The summed E-state index contributed by atoms with van der Waals surface area (Å²) in [6.07, 6.45) is 0.554. The topological polar surface area (TPSA) is 83.5 Å². The number of aliphatic carboxylic acids is 1. The van der Waals surface area contributed by atoms with E-state index in [4.69, 9.17) is 0 Å². The highest BCUT2D eigenvalue weighted by molar-refractivity contribution is 9.11. The third kappa shape index (κ3) is 4.51. The summed E-state index contributed by atoms with van der Waals surface area (Å²) < 4.78 is 28.2. The zero-order valence-electron chi connectivity index (χ0n) is 11.9. The second kappa shape index (κ2) is 7.21. The summed E-state index contributed by atoms with van der Waals surface area (Å²) in [6.45, 7) is 5.34. The molecule has 2 N–H and O–H groups in total. The fraction of sp³-hybridized carbons (Fsp3) is 0.462. The Morgan fingerprint density at radius 2 is 1.90 bits per heavy atom. The molecule has 0 radical (unpaired) electrons. The molecule has 0 heterocycles. The fourth-order valence-electron chi connectivity index (χ4n) is 1.71. The number of hydrogen-bond acceptors (Lipinski definition) is 3. The summed E-state index contributed by atoms with van der Waals surface area (Å²) in [5.41, 5.74) is 0.873. The lowest BCUT2D eigenvalue weighted by Crippen LogP contribution is -2.45. The molecular weight excluding hydrogens is 426 g/mol. The fourth-order valence-corrected chi connectivity index (χ4v) is 4.69. The Morgan fingerprint density at radius 1 is 1.33 bits per heavy atom. The quantitative estimate of drug-likeness (QED) is 0.707. The SMILES string of the molecule is CC[C@H](C)[C@H](NS(=O)(=O)c1cc(Br)c(C)cc1Br)C(=O)O. The molecule has 0 aliphatic heterocycles. The number of carbonyl (C=O) groups is 1. The Bertz CT molecular complexity index is 646. The van der Waals surface area contributed by atoms with Gasteiger partial charge in [0.15, 0.2) is 0 Å². The molecule has 0 unspecified atom stereocenters. The molecule has 21 heavy (non-hydrogen) atoms. The van der Waals surface area contributed by atoms with Gasteiger partial charge in [0.2, 0.25) is 10.0 Å². The molecule has 1 rings (SSSR count). The van der Waals surface area contributed by atoms with Crippen molar-refractivity contribution in [2.45, 2.75) is 38.1 Å². The highest BCUT2D eigenvalue weighted by Crippen LogP contribution is 2.29. The van der Waals surface area contributed by atoms with Gasteiger partial charge in [0, 0.05) is 8.95 Å². The number of carboxylic acid groups (broad SMARTS) is 1. The van der Waals surface area contributed by atoms with E-state index >= 15 is 0 Å². The zero-order chi connectivity index (χ0) is 16.4. The van der Waals surface area contributed by atoms with Crippen LogP contribution in [0.4, 0.5) is 0 Å². The van der Waals surface area contributed by atoms with Crippen molar-refractivity contribution in [1.82, 2.24) is 4.72 Å². The molecule has 0 bridgehead atoms. The maximum absolute atomic E-state index is 12.4. The lowest BCUT2D eigenvalue weighted by atomic mass is 10.0. The average molecular weight is 443 g/mol. The van der Waals surface area contributed by atoms with Gasteiger partial charge in [-0.3, -0.25) is 4.79 Å². The summed E-state index contributed by atoms with van der Waals surface area (Å²) in [5.74, 6) is -1.50. The summed E-state index contributed by atoms with van der Waals surface area (Å²) in [6, 6.07) is 1.96. The van der Waals surface area contributed by atoms with Crippen molar-refractivity contribution in [1.29, 1.82) is 0 Å². The molecule has 0 aliphatic carbocycles. The van der Waals surface area contributed by atoms with E-state index in [1.165, 1.54) is 6.07 Å². The Morgan fingerprint density at radius 3 is 2.38 bits per heavy atom. The van der Waals surface area contributed by atoms with Crippen LogP contribution in [0.25, 0.3) is 0 Å². The van der Waals surface area contributed by atoms with Crippen molar-refractivity contribution >= 4 is 47.9 Å². The van der Waals surface area contributed by atoms with Gasteiger partial charge in [0.1, 0.15) is 6.04 Å². The number of halogens is 2. The number of rotatable bonds is 6. The molecule has 0 fully saturated rings. The van der Waals surface area contributed by atoms with Gasteiger partial charge in [0.25, 0.3) is 0 Å². The van der Waals surface area contributed by atoms with Gasteiger partial charge in [0.05, 0.1) is 4.90 Å². The van der Waals surface area contributed by atoms with E-state index in [-0.39, 0.29) is 10.8 Å². The van der Waals surface area contributed by atoms with Gasteiger partial charge in [-0.1, -0.05) is 36.2 Å². The highest BCUT2D eigenvalue weighted by Gasteiger charge is 2.30. The second-order valence-electron chi connectivity index (χ2n) is 4.85. The standard InChI is InChI=1S/C13H17Br2NO4S/c1-4-7(2)12(13(17)18)16-21(19,20)11-6-9(14)8(3)5-10(11)15/h5-7,12,16H,4H2,1-3H3,(H,17,18)/t7-,12-/m0/s1. The van der Waals surface area contributed by atoms with E-state index in [0.717, 1.165) is 5.56 Å². The first-order valence-electron chi connectivity index (χ1n) is 6.31. The van der Waals surface area contributed by atoms with Crippen molar-refractivity contribution in [2.24, 2.45) is 5.92 Å². The van der Waals surface area contributed by atoms with Crippen LogP contribution < -0.4 is 4.72 Å². The molecule has 0 aliphatic rings. The van der Waals surface area contributed by atoms with E-state index in [1.807, 2.05) is 13.8 Å². The molecule has 0 aromatic heterocycles. The molecule has 0 saturated carbocycles. The minimum atomic E-state index is -3.94. The minimum Gasteiger partial charge on any atom is -0.480 e. The Hall–Kier alpha value is -0.440. The predicted molar refractivity (Wildman–Crippen MR) is 87.8 cm³/mol. The van der Waals surface area contributed by atoms with Crippen LogP contribution in [0.3, 0.4) is 0 Å². The molecule has 5 nitrogen and oxygen atoms in total. The third-order valence-corrected chi connectivity index (χ3v) is 6.52. The van der Waals surface area contributed by atoms with Crippen molar-refractivity contribution < 1.29 is 18.3 Å². The number of nitrogens with one attached hydrogen (secondary N) is 1. The molecule has 2 atom stereocenters. The summed E-state index contributed by atoms with van der Waals surface area (Å²) in [4.78, 5) is 11.3. The van der Waals surface area contributed by atoms with E-state index in [2.05, 4.69) is 36.6 Å². The van der Waals surface area contributed by atoms with Crippen molar-refractivity contribution in [2.75, 3.05) is 0 Å². The summed E-state index contributed by atoms with van der Waals surface area (Å²) >= 11 is 6.49. The Labute approximate surface area is 141 Å². The van der Waals surface area contributed by atoms with Crippen LogP contribution in [0, 0.1) is 12.8 Å². The molecule has 8 heteroatoms. The smallest absolute Gasteiger partial charge is 0.322 e. The van der Waals surface area contributed by atoms with Crippen LogP contribution in [0.5, 0.6) is 0 Å². The van der Waals surface area contributed by atoms with E-state index in [0.29, 0.717) is 15.4 Å². The molecule has 118 valence electrons. The maximum atomic E-state index is 12.4. The molecular formula is C13H17Br2NO4S. The van der Waals surface area contributed by atoms with Gasteiger partial charge in [-0.15, -0.1) is 0 Å². The van der Waals surface area contributed by atoms with E-state index in [9.17, 15) is 18.3 Å². The Balaban J connectivity index is 3.23. The first-order valence-corrected chi connectivity index (χ1v) is 9.37. The largest absolute Gasteiger partial charge is 0.480 e. The highest BCUT2D eigenvalue weighted by atomic mass is 79.9. The molecule has 0 amide bonds. The van der Waals surface area contributed by atoms with Crippen molar-refractivity contribution in [3.05, 3.63) is 26.6 Å². The number of aryl methyl sites for hydroxylation is 1. The monoisotopic (exact) mass is 441 g/mol. The van der Waals surface area contributed by atoms with Crippen LogP contribution >= 0.6 is 31.9 Å². The maximum Gasteiger partial charge on any atom is 0.322 e. The normalized spacial score (nSPS) is 14.7. The number of carboxylic acids is 1. The average Bonchev–Trinajstić information content (AvgIpc) is 2.38. The van der Waals surface area contributed by atoms with Gasteiger partial charge in [-0.25, -0.2) is 8.42 Å². The predicted octanol–water partition coefficient (Wildman–Crippen LogP) is 3.30. The molecule has 1 aromatic carbocycles. The number of benzene rings is 1. The van der Waals surface area contributed by atoms with Crippen molar-refractivity contribution in [3.63, 3.8) is 0 Å². The minimum absolute atomic E-state index is 0.00882. The summed E-state index contributed by atoms with van der Waals surface area (Å²) in [5, 5.41) is 9.21. The van der Waals surface area contributed by atoms with Crippen LogP contribution in [0.15, 0.2) is 26.0 Å². The molecule has 0 spiro atoms. The Kier molecular flexibility index (Phi) is 6.39. The van der Waals surface area contributed by atoms with E-state index < -0.39 is 22.0 Å². The lowest BCUT2D eigenvalue weighted by molar-refractivity contribution is -0.140. The third-order valence-electron chi connectivity index (χ3n) is 3.26. The van der Waals surface area contributed by atoms with Crippen LogP contribution in [0.1, 0.15) is 25.8 Å². The van der Waals surface area contributed by atoms with Crippen LogP contribution in [-0.4, -0.2) is 25.5 Å². The first kappa shape index (κ1) is 18.6. The van der Waals surface area contributed by atoms with Gasteiger partial charge < -0.3 is 5.11 Å². The number of hydrogen-bond donors (Lipinski definition) is 2. The molecule has 1 aromatic rings. The van der Waals surface area contributed by atoms with Crippen molar-refractivity contribution in [3.8, 4) is 0 Å². The van der Waals surface area contributed by atoms with Gasteiger partial charge in [-0.05, 0) is 46.5 Å².